The Balaban J connectivity index is 1.24. The third kappa shape index (κ3) is 4.00. The molecule has 0 spiro atoms. The Kier molecular flexibility index (Phi) is 4.97. The van der Waals surface area contributed by atoms with Crippen LogP contribution in [0.3, 0.4) is 0 Å². The summed E-state index contributed by atoms with van der Waals surface area (Å²) in [6.07, 6.45) is 13.8. The zero-order valence-corrected chi connectivity index (χ0v) is 16.8. The molecule has 29 heavy (non-hydrogen) atoms. The maximum Gasteiger partial charge on any atom is 0.293 e. The van der Waals surface area contributed by atoms with Crippen LogP contribution < -0.4 is 16.4 Å². The van der Waals surface area contributed by atoms with E-state index < -0.39 is 0 Å². The van der Waals surface area contributed by atoms with Gasteiger partial charge in [0, 0.05) is 31.0 Å². The fourth-order valence-corrected chi connectivity index (χ4v) is 4.77. The fourth-order valence-electron chi connectivity index (χ4n) is 4.77. The number of anilines is 1. The van der Waals surface area contributed by atoms with Gasteiger partial charge >= 0.3 is 0 Å². The number of fused-ring (bicyclic) bond motifs is 1. The van der Waals surface area contributed by atoms with Gasteiger partial charge in [-0.05, 0) is 75.7 Å². The SMILES string of the molecule is O=c1c(NC2CCC(n3nc4c(cc3=O)CCCC4)CC2)nccn1CC1CC1. The molecule has 2 aromatic heterocycles. The van der Waals surface area contributed by atoms with E-state index in [4.69, 9.17) is 5.10 Å². The van der Waals surface area contributed by atoms with Crippen molar-refractivity contribution in [2.75, 3.05) is 5.32 Å². The van der Waals surface area contributed by atoms with Crippen LogP contribution in [0, 0.1) is 5.92 Å². The number of nitrogens with zero attached hydrogens (tertiary/aromatic N) is 4. The topological polar surface area (TPSA) is 81.8 Å². The molecule has 0 aliphatic heterocycles. The van der Waals surface area contributed by atoms with Crippen molar-refractivity contribution in [2.24, 2.45) is 5.92 Å². The molecule has 0 unspecified atom stereocenters. The predicted molar refractivity (Wildman–Crippen MR) is 111 cm³/mol. The average molecular weight is 396 g/mol. The molecular weight excluding hydrogens is 366 g/mol. The molecule has 0 aromatic carbocycles. The number of nitrogens with one attached hydrogen (secondary N) is 1. The second kappa shape index (κ2) is 7.76. The average Bonchev–Trinajstić information content (AvgIpc) is 3.55. The molecule has 3 aliphatic carbocycles. The molecule has 2 fully saturated rings. The van der Waals surface area contributed by atoms with E-state index in [9.17, 15) is 9.59 Å². The van der Waals surface area contributed by atoms with Crippen molar-refractivity contribution >= 4 is 5.82 Å². The zero-order chi connectivity index (χ0) is 19.8. The summed E-state index contributed by atoms with van der Waals surface area (Å²) in [5.74, 6) is 1.11. The van der Waals surface area contributed by atoms with E-state index in [2.05, 4.69) is 10.3 Å². The van der Waals surface area contributed by atoms with Gasteiger partial charge in [0.25, 0.3) is 11.1 Å². The summed E-state index contributed by atoms with van der Waals surface area (Å²) in [6, 6.07) is 2.18. The Morgan fingerprint density at radius 1 is 1.03 bits per heavy atom. The van der Waals surface area contributed by atoms with E-state index in [0.29, 0.717) is 11.7 Å². The number of hydrogen-bond donors (Lipinski definition) is 1. The molecule has 2 heterocycles. The third-order valence-electron chi connectivity index (χ3n) is 6.68. The molecule has 2 aromatic rings. The zero-order valence-electron chi connectivity index (χ0n) is 16.8. The highest BCUT2D eigenvalue weighted by molar-refractivity contribution is 5.32. The third-order valence-corrected chi connectivity index (χ3v) is 6.68. The quantitative estimate of drug-likeness (QED) is 0.842. The minimum Gasteiger partial charge on any atom is -0.363 e. The van der Waals surface area contributed by atoms with Crippen LogP contribution in [-0.4, -0.2) is 25.4 Å². The van der Waals surface area contributed by atoms with Gasteiger partial charge in [-0.1, -0.05) is 0 Å². The highest BCUT2D eigenvalue weighted by atomic mass is 16.1. The van der Waals surface area contributed by atoms with Crippen molar-refractivity contribution < 1.29 is 0 Å². The summed E-state index contributed by atoms with van der Waals surface area (Å²) in [7, 11) is 0. The number of hydrogen-bond acceptors (Lipinski definition) is 5. The van der Waals surface area contributed by atoms with Crippen LogP contribution in [0.1, 0.15) is 68.7 Å². The summed E-state index contributed by atoms with van der Waals surface area (Å²) in [5.41, 5.74) is 2.27. The monoisotopic (exact) mass is 395 g/mol. The molecule has 7 heteroatoms. The Bertz CT molecular complexity index is 999. The van der Waals surface area contributed by atoms with Crippen molar-refractivity contribution in [1.82, 2.24) is 19.3 Å². The first-order chi connectivity index (χ1) is 14.2. The van der Waals surface area contributed by atoms with E-state index >= 15 is 0 Å². The molecule has 1 N–H and O–H groups in total. The molecule has 7 nitrogen and oxygen atoms in total. The number of rotatable bonds is 5. The molecule has 0 radical (unpaired) electrons. The standard InChI is InChI=1S/C22H29N5O2/c28-20-13-16-3-1-2-4-19(16)25-27(20)18-9-7-17(8-10-18)24-21-22(29)26(12-11-23-21)14-15-5-6-15/h11-13,15,17-18H,1-10,14H2,(H,23,24). The molecule has 0 atom stereocenters. The Morgan fingerprint density at radius 2 is 1.83 bits per heavy atom. The summed E-state index contributed by atoms with van der Waals surface area (Å²) < 4.78 is 3.51. The first-order valence-corrected chi connectivity index (χ1v) is 11.1. The van der Waals surface area contributed by atoms with Gasteiger partial charge in [-0.15, -0.1) is 0 Å². The van der Waals surface area contributed by atoms with Crippen LogP contribution in [0.5, 0.6) is 0 Å². The normalized spacial score (nSPS) is 24.1. The van der Waals surface area contributed by atoms with Crippen molar-refractivity contribution in [1.29, 1.82) is 0 Å². The summed E-state index contributed by atoms with van der Waals surface area (Å²) in [6.45, 7) is 0.801. The minimum atomic E-state index is -0.0194. The van der Waals surface area contributed by atoms with Crippen molar-refractivity contribution in [3.63, 3.8) is 0 Å². The van der Waals surface area contributed by atoms with Crippen molar-refractivity contribution in [3.05, 3.63) is 50.4 Å². The highest BCUT2D eigenvalue weighted by Crippen LogP contribution is 2.31. The van der Waals surface area contributed by atoms with Crippen molar-refractivity contribution in [3.8, 4) is 0 Å². The van der Waals surface area contributed by atoms with Crippen LogP contribution in [0.15, 0.2) is 28.0 Å². The number of aryl methyl sites for hydroxylation is 2. The lowest BCUT2D eigenvalue weighted by molar-refractivity contribution is 0.300. The van der Waals surface area contributed by atoms with Crippen LogP contribution in [0.2, 0.25) is 0 Å². The van der Waals surface area contributed by atoms with E-state index in [1.165, 1.54) is 12.8 Å². The van der Waals surface area contributed by atoms with Gasteiger partial charge in [-0.2, -0.15) is 5.10 Å². The van der Waals surface area contributed by atoms with Gasteiger partial charge in [-0.25, -0.2) is 9.67 Å². The summed E-state index contributed by atoms with van der Waals surface area (Å²) in [5, 5.41) is 8.09. The van der Waals surface area contributed by atoms with Gasteiger partial charge in [0.1, 0.15) is 0 Å². The first kappa shape index (κ1) is 18.6. The van der Waals surface area contributed by atoms with Gasteiger partial charge < -0.3 is 9.88 Å². The van der Waals surface area contributed by atoms with E-state index in [1.807, 2.05) is 6.07 Å². The maximum absolute atomic E-state index is 12.7. The lowest BCUT2D eigenvalue weighted by atomic mass is 9.91. The smallest absolute Gasteiger partial charge is 0.293 e. The van der Waals surface area contributed by atoms with E-state index in [-0.39, 0.29) is 23.2 Å². The minimum absolute atomic E-state index is 0.0194. The van der Waals surface area contributed by atoms with E-state index in [0.717, 1.165) is 69.2 Å². The van der Waals surface area contributed by atoms with Crippen LogP contribution in [0.4, 0.5) is 5.82 Å². The largest absolute Gasteiger partial charge is 0.363 e. The summed E-state index contributed by atoms with van der Waals surface area (Å²) >= 11 is 0. The predicted octanol–water partition coefficient (Wildman–Crippen LogP) is 2.68. The van der Waals surface area contributed by atoms with Crippen LogP contribution >= 0.6 is 0 Å². The maximum atomic E-state index is 12.7. The van der Waals surface area contributed by atoms with Gasteiger partial charge in [0.2, 0.25) is 0 Å². The van der Waals surface area contributed by atoms with Gasteiger partial charge in [0.15, 0.2) is 5.82 Å². The lowest BCUT2D eigenvalue weighted by Crippen LogP contribution is -2.36. The first-order valence-electron chi connectivity index (χ1n) is 11.1. The van der Waals surface area contributed by atoms with Gasteiger partial charge in [-0.3, -0.25) is 9.59 Å². The van der Waals surface area contributed by atoms with E-state index in [1.54, 1.807) is 21.6 Å². The van der Waals surface area contributed by atoms with Gasteiger partial charge in [0.05, 0.1) is 11.7 Å². The molecule has 154 valence electrons. The lowest BCUT2D eigenvalue weighted by Gasteiger charge is -2.30. The highest BCUT2D eigenvalue weighted by Gasteiger charge is 2.26. The molecule has 5 rings (SSSR count). The number of aromatic nitrogens is 4. The molecule has 0 amide bonds. The van der Waals surface area contributed by atoms with Crippen molar-refractivity contribution in [2.45, 2.75) is 82.8 Å². The Hall–Kier alpha value is -2.44. The molecular formula is C22H29N5O2. The Labute approximate surface area is 170 Å². The summed E-state index contributed by atoms with van der Waals surface area (Å²) in [4.78, 5) is 29.5. The molecule has 3 aliphatic rings. The fraction of sp³-hybridized carbons (Fsp3) is 0.636. The molecule has 2 saturated carbocycles. The van der Waals surface area contributed by atoms with Crippen LogP contribution in [0.25, 0.3) is 0 Å². The molecule has 0 saturated heterocycles. The van der Waals surface area contributed by atoms with Crippen LogP contribution in [-0.2, 0) is 19.4 Å². The second-order valence-corrected chi connectivity index (χ2v) is 8.93. The Morgan fingerprint density at radius 3 is 2.62 bits per heavy atom. The second-order valence-electron chi connectivity index (χ2n) is 8.93. The molecule has 0 bridgehead atoms.